The minimum Gasteiger partial charge on any atom is -0.495 e. The third-order valence-electron chi connectivity index (χ3n) is 5.12. The molecule has 1 aromatic carbocycles. The van der Waals surface area contributed by atoms with Crippen molar-refractivity contribution in [3.05, 3.63) is 12.1 Å². The number of rotatable bonds is 8. The molecule has 1 atom stereocenters. The maximum absolute atomic E-state index is 6.03. The molecule has 0 bridgehead atoms. The fourth-order valence-electron chi connectivity index (χ4n) is 3.59. The van der Waals surface area contributed by atoms with Gasteiger partial charge in [0.05, 0.1) is 24.2 Å². The summed E-state index contributed by atoms with van der Waals surface area (Å²) in [5, 5.41) is 3.26. The Morgan fingerprint density at radius 3 is 2.46 bits per heavy atom. The maximum Gasteiger partial charge on any atom is 0.143 e. The number of nitrogens with two attached hydrogens (primary N) is 1. The van der Waals surface area contributed by atoms with Gasteiger partial charge in [0, 0.05) is 45.8 Å². The lowest BCUT2D eigenvalue weighted by Crippen LogP contribution is -2.48. The molecule has 1 aromatic rings. The van der Waals surface area contributed by atoms with Crippen LogP contribution in [0.3, 0.4) is 0 Å². The Morgan fingerprint density at radius 1 is 1.21 bits per heavy atom. The lowest BCUT2D eigenvalue weighted by Gasteiger charge is -2.38. The third-order valence-corrected chi connectivity index (χ3v) is 5.12. The van der Waals surface area contributed by atoms with Crippen LogP contribution in [0.1, 0.15) is 33.1 Å². The van der Waals surface area contributed by atoms with Crippen LogP contribution < -0.4 is 20.7 Å². The van der Waals surface area contributed by atoms with Crippen molar-refractivity contribution in [2.24, 2.45) is 5.92 Å². The summed E-state index contributed by atoms with van der Waals surface area (Å²) in [6.45, 7) is 10.2. The van der Waals surface area contributed by atoms with Crippen molar-refractivity contribution in [3.8, 4) is 5.75 Å². The Hall–Kier alpha value is -1.62. The number of ether oxygens (including phenoxy) is 1. The van der Waals surface area contributed by atoms with E-state index in [9.17, 15) is 0 Å². The van der Waals surface area contributed by atoms with Crippen molar-refractivity contribution < 1.29 is 4.74 Å². The fourth-order valence-corrected chi connectivity index (χ4v) is 3.59. The molecule has 0 aromatic heterocycles. The summed E-state index contributed by atoms with van der Waals surface area (Å²) in [6.07, 6.45) is 3.91. The van der Waals surface area contributed by atoms with E-state index in [-0.39, 0.29) is 0 Å². The second-order valence-electron chi connectivity index (χ2n) is 6.71. The molecule has 0 aliphatic carbocycles. The van der Waals surface area contributed by atoms with Gasteiger partial charge in [-0.15, -0.1) is 0 Å². The minimum atomic E-state index is 0.676. The van der Waals surface area contributed by atoms with Gasteiger partial charge in [-0.05, 0) is 18.4 Å². The number of anilines is 3. The number of nitrogen functional groups attached to an aromatic ring is 1. The van der Waals surface area contributed by atoms with Crippen LogP contribution in [0.2, 0.25) is 0 Å². The largest absolute Gasteiger partial charge is 0.495 e. The van der Waals surface area contributed by atoms with E-state index < -0.39 is 0 Å². The van der Waals surface area contributed by atoms with E-state index in [2.05, 4.69) is 35.0 Å². The Balaban J connectivity index is 2.01. The van der Waals surface area contributed by atoms with Gasteiger partial charge in [-0.1, -0.05) is 26.7 Å². The van der Waals surface area contributed by atoms with Crippen molar-refractivity contribution >= 4 is 17.1 Å². The molecular formula is C19H34N4O. The highest BCUT2D eigenvalue weighted by atomic mass is 16.5. The van der Waals surface area contributed by atoms with E-state index in [1.54, 1.807) is 7.11 Å². The summed E-state index contributed by atoms with van der Waals surface area (Å²) < 4.78 is 5.40. The zero-order valence-corrected chi connectivity index (χ0v) is 15.8. The number of methoxy groups -OCH3 is 1. The molecule has 0 saturated carbocycles. The lowest BCUT2D eigenvalue weighted by molar-refractivity contribution is 0.209. The van der Waals surface area contributed by atoms with E-state index in [1.807, 2.05) is 13.1 Å². The number of hydrogen-bond acceptors (Lipinski definition) is 5. The molecule has 2 rings (SSSR count). The first-order valence-electron chi connectivity index (χ1n) is 9.25. The van der Waals surface area contributed by atoms with Crippen molar-refractivity contribution in [3.63, 3.8) is 0 Å². The average molecular weight is 335 g/mol. The zero-order valence-electron chi connectivity index (χ0n) is 15.8. The summed E-state index contributed by atoms with van der Waals surface area (Å²) in [6, 6.07) is 4.03. The fraction of sp³-hybridized carbons (Fsp3) is 0.684. The first kappa shape index (κ1) is 18.7. The van der Waals surface area contributed by atoms with E-state index in [0.717, 1.165) is 43.5 Å². The van der Waals surface area contributed by atoms with Crippen LogP contribution in [0, 0.1) is 5.92 Å². The maximum atomic E-state index is 6.03. The first-order chi connectivity index (χ1) is 11.6. The van der Waals surface area contributed by atoms with Gasteiger partial charge in [-0.25, -0.2) is 0 Å². The third kappa shape index (κ3) is 4.47. The monoisotopic (exact) mass is 334 g/mol. The standard InChI is InChI=1S/C19H34N4O/c1-5-7-15(6-2)14-22-8-10-23(11-9-22)18-13-19(24-4)16(20)12-17(18)21-3/h12-13,15,21H,5-11,14,20H2,1-4H3. The molecule has 5 nitrogen and oxygen atoms in total. The van der Waals surface area contributed by atoms with Crippen LogP contribution >= 0.6 is 0 Å². The molecule has 1 saturated heterocycles. The van der Waals surface area contributed by atoms with Gasteiger partial charge in [-0.2, -0.15) is 0 Å². The Morgan fingerprint density at radius 2 is 1.92 bits per heavy atom. The zero-order chi connectivity index (χ0) is 17.5. The molecule has 3 N–H and O–H groups in total. The van der Waals surface area contributed by atoms with Gasteiger partial charge >= 0.3 is 0 Å². The summed E-state index contributed by atoms with van der Waals surface area (Å²) in [4.78, 5) is 5.05. The lowest BCUT2D eigenvalue weighted by atomic mass is 10.00. The highest BCUT2D eigenvalue weighted by Gasteiger charge is 2.22. The highest BCUT2D eigenvalue weighted by Crippen LogP contribution is 2.35. The topological polar surface area (TPSA) is 53.8 Å². The molecule has 0 spiro atoms. The van der Waals surface area contributed by atoms with Crippen LogP contribution in [-0.2, 0) is 0 Å². The molecule has 1 aliphatic rings. The second kappa shape index (κ2) is 9.02. The SMILES string of the molecule is CCCC(CC)CN1CCN(c2cc(OC)c(N)cc2NC)CC1. The summed E-state index contributed by atoms with van der Waals surface area (Å²) in [5.41, 5.74) is 8.96. The smallest absolute Gasteiger partial charge is 0.143 e. The van der Waals surface area contributed by atoms with Gasteiger partial charge in [0.1, 0.15) is 5.75 Å². The van der Waals surface area contributed by atoms with E-state index >= 15 is 0 Å². The summed E-state index contributed by atoms with van der Waals surface area (Å²) in [5.74, 6) is 1.59. The Kier molecular flexibility index (Phi) is 7.03. The summed E-state index contributed by atoms with van der Waals surface area (Å²) in [7, 11) is 3.61. The van der Waals surface area contributed by atoms with Gasteiger partial charge in [-0.3, -0.25) is 4.90 Å². The highest BCUT2D eigenvalue weighted by molar-refractivity contribution is 5.78. The number of benzene rings is 1. The molecule has 0 amide bonds. The molecule has 0 radical (unpaired) electrons. The molecular weight excluding hydrogens is 300 g/mol. The van der Waals surface area contributed by atoms with Crippen molar-refractivity contribution in [1.29, 1.82) is 0 Å². The van der Waals surface area contributed by atoms with Crippen LogP contribution in [0.25, 0.3) is 0 Å². The molecule has 1 heterocycles. The Labute approximate surface area is 147 Å². The molecule has 24 heavy (non-hydrogen) atoms. The molecule has 1 unspecified atom stereocenters. The van der Waals surface area contributed by atoms with Gasteiger partial charge in [0.25, 0.3) is 0 Å². The van der Waals surface area contributed by atoms with Crippen LogP contribution in [0.5, 0.6) is 5.75 Å². The van der Waals surface area contributed by atoms with Crippen molar-refractivity contribution in [2.45, 2.75) is 33.1 Å². The van der Waals surface area contributed by atoms with Gasteiger partial charge in [0.15, 0.2) is 0 Å². The Bertz CT molecular complexity index is 512. The van der Waals surface area contributed by atoms with Crippen molar-refractivity contribution in [1.82, 2.24) is 4.90 Å². The number of nitrogens with zero attached hydrogens (tertiary/aromatic N) is 2. The average Bonchev–Trinajstić information content (AvgIpc) is 2.61. The van der Waals surface area contributed by atoms with Gasteiger partial charge in [0.2, 0.25) is 0 Å². The predicted octanol–water partition coefficient (Wildman–Crippen LogP) is 3.27. The van der Waals surface area contributed by atoms with E-state index in [1.165, 1.54) is 31.5 Å². The van der Waals surface area contributed by atoms with Crippen LogP contribution in [0.15, 0.2) is 12.1 Å². The summed E-state index contributed by atoms with van der Waals surface area (Å²) >= 11 is 0. The molecule has 5 heteroatoms. The van der Waals surface area contributed by atoms with Crippen molar-refractivity contribution in [2.75, 3.05) is 62.8 Å². The predicted molar refractivity (Wildman–Crippen MR) is 104 cm³/mol. The van der Waals surface area contributed by atoms with E-state index in [0.29, 0.717) is 5.69 Å². The molecule has 1 fully saturated rings. The van der Waals surface area contributed by atoms with Crippen LogP contribution in [-0.4, -0.2) is 51.8 Å². The van der Waals surface area contributed by atoms with E-state index in [4.69, 9.17) is 10.5 Å². The normalized spacial score (nSPS) is 16.9. The molecule has 1 aliphatic heterocycles. The van der Waals surface area contributed by atoms with Gasteiger partial charge < -0.3 is 20.7 Å². The number of hydrogen-bond donors (Lipinski definition) is 2. The number of nitrogens with one attached hydrogen (secondary N) is 1. The van der Waals surface area contributed by atoms with Crippen LogP contribution in [0.4, 0.5) is 17.1 Å². The molecule has 136 valence electrons. The quantitative estimate of drug-likeness (QED) is 0.715. The minimum absolute atomic E-state index is 0.676. The first-order valence-corrected chi connectivity index (χ1v) is 9.25. The second-order valence-corrected chi connectivity index (χ2v) is 6.71. The number of piperazine rings is 1.